The molecule has 0 heterocycles. The molecule has 1 rings (SSSR count). The fourth-order valence-electron chi connectivity index (χ4n) is 2.02. The van der Waals surface area contributed by atoms with Gasteiger partial charge in [-0.3, -0.25) is 4.79 Å². The number of hydrogen-bond acceptors (Lipinski definition) is 4. The minimum absolute atomic E-state index is 0.154. The number of rotatable bonds is 8. The fourth-order valence-corrected chi connectivity index (χ4v) is 2.02. The first-order valence-corrected chi connectivity index (χ1v) is 7.07. The molecule has 2 N–H and O–H groups in total. The summed E-state index contributed by atoms with van der Waals surface area (Å²) in [5.74, 6) is 0.236. The molecule has 0 spiro atoms. The van der Waals surface area contributed by atoms with Crippen LogP contribution in [0.4, 0.5) is 0 Å². The van der Waals surface area contributed by atoms with Gasteiger partial charge in [-0.2, -0.15) is 0 Å². The highest BCUT2D eigenvalue weighted by molar-refractivity contribution is 5.69. The number of methoxy groups -OCH3 is 1. The summed E-state index contributed by atoms with van der Waals surface area (Å²) in [4.78, 5) is 11.3. The van der Waals surface area contributed by atoms with Crippen molar-refractivity contribution in [1.82, 2.24) is 5.32 Å². The second-order valence-corrected chi connectivity index (χ2v) is 5.38. The Morgan fingerprint density at radius 3 is 2.50 bits per heavy atom. The van der Waals surface area contributed by atoms with Crippen LogP contribution in [0, 0.1) is 5.92 Å². The molecule has 1 aromatic carbocycles. The van der Waals surface area contributed by atoms with Gasteiger partial charge in [-0.05, 0) is 24.4 Å². The highest BCUT2D eigenvalue weighted by Gasteiger charge is 2.21. The number of aliphatic hydroxyl groups is 1. The molecule has 0 saturated heterocycles. The number of ether oxygens (including phenoxy) is 1. The smallest absolute Gasteiger partial charge is 0.305 e. The summed E-state index contributed by atoms with van der Waals surface area (Å²) in [5, 5.41) is 13.8. The van der Waals surface area contributed by atoms with Crippen LogP contribution in [0.3, 0.4) is 0 Å². The molecule has 2 unspecified atom stereocenters. The number of esters is 1. The van der Waals surface area contributed by atoms with Crippen molar-refractivity contribution in [3.05, 3.63) is 35.9 Å². The molecular formula is C16H25NO3. The third-order valence-corrected chi connectivity index (χ3v) is 3.20. The van der Waals surface area contributed by atoms with Crippen LogP contribution >= 0.6 is 0 Å². The standard InChI is InChI=1S/C16H25NO3/c1-12(2)11-17-14(9-10-15(18)20-3)16(19)13-7-5-4-6-8-13/h4-8,12,14,16-17,19H,9-11H2,1-3H3. The predicted molar refractivity (Wildman–Crippen MR) is 79.3 cm³/mol. The number of hydrogen-bond donors (Lipinski definition) is 2. The minimum Gasteiger partial charge on any atom is -0.469 e. The van der Waals surface area contributed by atoms with Crippen LogP contribution in [0.25, 0.3) is 0 Å². The molecule has 0 radical (unpaired) electrons. The highest BCUT2D eigenvalue weighted by Crippen LogP contribution is 2.20. The molecule has 1 aromatic rings. The van der Waals surface area contributed by atoms with Crippen LogP contribution in [0.5, 0.6) is 0 Å². The van der Waals surface area contributed by atoms with Crippen LogP contribution in [0.15, 0.2) is 30.3 Å². The number of carbonyl (C=O) groups is 1. The Morgan fingerprint density at radius 2 is 1.95 bits per heavy atom. The molecule has 112 valence electrons. The molecule has 4 heteroatoms. The van der Waals surface area contributed by atoms with Crippen molar-refractivity contribution in [1.29, 1.82) is 0 Å². The normalized spacial score (nSPS) is 14.1. The summed E-state index contributed by atoms with van der Waals surface area (Å²) < 4.78 is 4.66. The quantitative estimate of drug-likeness (QED) is 0.717. The molecule has 0 saturated carbocycles. The Labute approximate surface area is 121 Å². The van der Waals surface area contributed by atoms with Crippen LogP contribution in [-0.2, 0) is 9.53 Å². The summed E-state index contributed by atoms with van der Waals surface area (Å²) in [7, 11) is 1.38. The highest BCUT2D eigenvalue weighted by atomic mass is 16.5. The molecular weight excluding hydrogens is 254 g/mol. The lowest BCUT2D eigenvalue weighted by Crippen LogP contribution is -2.37. The first-order chi connectivity index (χ1) is 9.54. The van der Waals surface area contributed by atoms with Crippen LogP contribution in [0.1, 0.15) is 38.4 Å². The number of aliphatic hydroxyl groups excluding tert-OH is 1. The average molecular weight is 279 g/mol. The number of benzene rings is 1. The summed E-state index contributed by atoms with van der Waals surface area (Å²) >= 11 is 0. The van der Waals surface area contributed by atoms with E-state index in [0.717, 1.165) is 12.1 Å². The Bertz CT molecular complexity index is 392. The third kappa shape index (κ3) is 5.72. The number of carbonyl (C=O) groups excluding carboxylic acids is 1. The molecule has 0 amide bonds. The van der Waals surface area contributed by atoms with E-state index in [1.165, 1.54) is 7.11 Å². The summed E-state index contributed by atoms with van der Waals surface area (Å²) in [6, 6.07) is 9.36. The van der Waals surface area contributed by atoms with E-state index in [9.17, 15) is 9.90 Å². The topological polar surface area (TPSA) is 58.6 Å². The van der Waals surface area contributed by atoms with Crippen molar-refractivity contribution in [2.75, 3.05) is 13.7 Å². The van der Waals surface area contributed by atoms with Crippen molar-refractivity contribution < 1.29 is 14.6 Å². The van der Waals surface area contributed by atoms with Crippen LogP contribution in [0.2, 0.25) is 0 Å². The lowest BCUT2D eigenvalue weighted by Gasteiger charge is -2.25. The van der Waals surface area contributed by atoms with Crippen molar-refractivity contribution in [3.8, 4) is 0 Å². The summed E-state index contributed by atoms with van der Waals surface area (Å²) in [6.07, 6.45) is 0.227. The van der Waals surface area contributed by atoms with E-state index in [0.29, 0.717) is 18.8 Å². The molecule has 0 bridgehead atoms. The maximum absolute atomic E-state index is 11.3. The Hall–Kier alpha value is -1.39. The van der Waals surface area contributed by atoms with Crippen molar-refractivity contribution in [2.24, 2.45) is 5.92 Å². The maximum atomic E-state index is 11.3. The summed E-state index contributed by atoms with van der Waals surface area (Å²) in [6.45, 7) is 5.02. The van der Waals surface area contributed by atoms with Gasteiger partial charge in [0.05, 0.1) is 13.2 Å². The van der Waals surface area contributed by atoms with Gasteiger partial charge in [-0.25, -0.2) is 0 Å². The first kappa shape index (κ1) is 16.7. The van der Waals surface area contributed by atoms with E-state index in [2.05, 4.69) is 23.9 Å². The van der Waals surface area contributed by atoms with Gasteiger partial charge in [0, 0.05) is 12.5 Å². The number of nitrogens with one attached hydrogen (secondary N) is 1. The zero-order valence-electron chi connectivity index (χ0n) is 12.5. The zero-order valence-corrected chi connectivity index (χ0v) is 12.5. The molecule has 0 aliphatic rings. The Balaban J connectivity index is 2.67. The Morgan fingerprint density at radius 1 is 1.30 bits per heavy atom. The van der Waals surface area contributed by atoms with Gasteiger partial charge in [-0.15, -0.1) is 0 Å². The molecule has 20 heavy (non-hydrogen) atoms. The SMILES string of the molecule is COC(=O)CCC(NCC(C)C)C(O)c1ccccc1. The van der Waals surface area contributed by atoms with E-state index in [1.807, 2.05) is 30.3 Å². The lowest BCUT2D eigenvalue weighted by atomic mass is 9.98. The third-order valence-electron chi connectivity index (χ3n) is 3.20. The van der Waals surface area contributed by atoms with Crippen LogP contribution in [-0.4, -0.2) is 30.8 Å². The van der Waals surface area contributed by atoms with E-state index in [-0.39, 0.29) is 12.0 Å². The second kappa shape index (κ2) is 8.72. The summed E-state index contributed by atoms with van der Waals surface area (Å²) in [5.41, 5.74) is 0.860. The van der Waals surface area contributed by atoms with E-state index >= 15 is 0 Å². The molecule has 0 aromatic heterocycles. The lowest BCUT2D eigenvalue weighted by molar-refractivity contribution is -0.141. The molecule has 0 aliphatic heterocycles. The van der Waals surface area contributed by atoms with Gasteiger partial charge in [0.2, 0.25) is 0 Å². The van der Waals surface area contributed by atoms with E-state index in [1.54, 1.807) is 0 Å². The minimum atomic E-state index is -0.625. The van der Waals surface area contributed by atoms with E-state index in [4.69, 9.17) is 0 Å². The first-order valence-electron chi connectivity index (χ1n) is 7.07. The van der Waals surface area contributed by atoms with Gasteiger partial charge in [0.1, 0.15) is 0 Å². The molecule has 2 atom stereocenters. The maximum Gasteiger partial charge on any atom is 0.305 e. The molecule has 0 aliphatic carbocycles. The van der Waals surface area contributed by atoms with Crippen molar-refractivity contribution in [3.63, 3.8) is 0 Å². The zero-order chi connectivity index (χ0) is 15.0. The van der Waals surface area contributed by atoms with Gasteiger partial charge >= 0.3 is 5.97 Å². The predicted octanol–water partition coefficient (Wildman–Crippen LogP) is 2.29. The second-order valence-electron chi connectivity index (χ2n) is 5.38. The van der Waals surface area contributed by atoms with Gasteiger partial charge in [0.15, 0.2) is 0 Å². The van der Waals surface area contributed by atoms with Crippen molar-refractivity contribution in [2.45, 2.75) is 38.8 Å². The fraction of sp³-hybridized carbons (Fsp3) is 0.562. The molecule has 0 fully saturated rings. The van der Waals surface area contributed by atoms with Crippen LogP contribution < -0.4 is 5.32 Å². The monoisotopic (exact) mass is 279 g/mol. The largest absolute Gasteiger partial charge is 0.469 e. The van der Waals surface area contributed by atoms with E-state index < -0.39 is 6.10 Å². The van der Waals surface area contributed by atoms with Gasteiger partial charge in [0.25, 0.3) is 0 Å². The van der Waals surface area contributed by atoms with Gasteiger partial charge < -0.3 is 15.2 Å². The van der Waals surface area contributed by atoms with Gasteiger partial charge in [-0.1, -0.05) is 44.2 Å². The average Bonchev–Trinajstić information content (AvgIpc) is 2.47. The molecule has 4 nitrogen and oxygen atoms in total. The van der Waals surface area contributed by atoms with Crippen molar-refractivity contribution >= 4 is 5.97 Å². The Kier molecular flexibility index (Phi) is 7.26.